The zero-order valence-corrected chi connectivity index (χ0v) is 6.12. The smallest absolute Gasteiger partial charge is 0.326 e. The molecular weight excluding hydrogens is 114 g/mol. The average Bonchev–Trinajstić information content (AvgIpc) is 1.38. The molecule has 31 valence electrons. The van der Waals surface area contributed by atoms with Crippen molar-refractivity contribution in [3.05, 3.63) is 0 Å². The first-order valence-electron chi connectivity index (χ1n) is 0.932. The van der Waals surface area contributed by atoms with Crippen LogP contribution in [0.25, 0.3) is 0 Å². The minimum Gasteiger partial charge on any atom is -0.351 e. The van der Waals surface area contributed by atoms with E-state index in [1.54, 1.807) is 4.84 Å². The van der Waals surface area contributed by atoms with E-state index in [-0.39, 0.29) is 29.6 Å². The summed E-state index contributed by atoms with van der Waals surface area (Å²) in [5.74, 6) is 0. The molecular formula is CH3ClN2NaO. The molecule has 0 saturated carbocycles. The standard InChI is InChI=1S/CH3ClN2O.Na/c2-4-1(3)5;/h(H3,3,4,5);. The summed E-state index contributed by atoms with van der Waals surface area (Å²) in [6.45, 7) is 0. The van der Waals surface area contributed by atoms with Gasteiger partial charge in [-0.25, -0.2) is 4.79 Å². The van der Waals surface area contributed by atoms with Crippen LogP contribution in [0.15, 0.2) is 0 Å². The van der Waals surface area contributed by atoms with E-state index in [4.69, 9.17) is 0 Å². The molecule has 0 aliphatic heterocycles. The normalized spacial score (nSPS) is 5.50. The van der Waals surface area contributed by atoms with Gasteiger partial charge >= 0.3 is 6.03 Å². The van der Waals surface area contributed by atoms with Crippen LogP contribution in [0.3, 0.4) is 0 Å². The summed E-state index contributed by atoms with van der Waals surface area (Å²) in [6, 6.07) is -0.730. The minimum absolute atomic E-state index is 0. The van der Waals surface area contributed by atoms with Crippen LogP contribution in [0.1, 0.15) is 0 Å². The first-order chi connectivity index (χ1) is 2.27. The molecule has 3 nitrogen and oxygen atoms in total. The Hall–Kier alpha value is 0.560. The number of hydrogen-bond acceptors (Lipinski definition) is 1. The Labute approximate surface area is 62.6 Å². The SMILES string of the molecule is NC(=O)NCl.[Na]. The second kappa shape index (κ2) is 5.56. The van der Waals surface area contributed by atoms with Gasteiger partial charge in [-0.2, -0.15) is 0 Å². The maximum Gasteiger partial charge on any atom is 0.326 e. The van der Waals surface area contributed by atoms with Crippen LogP contribution in [0.4, 0.5) is 4.79 Å². The van der Waals surface area contributed by atoms with E-state index in [0.29, 0.717) is 0 Å². The minimum atomic E-state index is -0.730. The fourth-order valence-electron chi connectivity index (χ4n) is 0. The van der Waals surface area contributed by atoms with E-state index in [2.05, 4.69) is 17.5 Å². The number of hydrogen-bond donors (Lipinski definition) is 2. The monoisotopic (exact) mass is 117 g/mol. The summed E-state index contributed by atoms with van der Waals surface area (Å²) in [5.41, 5.74) is 4.41. The van der Waals surface area contributed by atoms with E-state index in [1.807, 2.05) is 0 Å². The number of primary amides is 1. The molecule has 0 saturated heterocycles. The third-order valence-corrected chi connectivity index (χ3v) is 0.279. The molecule has 0 aromatic heterocycles. The maximum absolute atomic E-state index is 9.35. The molecule has 0 fully saturated rings. The predicted molar refractivity (Wildman–Crippen MR) is 24.3 cm³/mol. The molecule has 0 aliphatic rings. The predicted octanol–water partition coefficient (Wildman–Crippen LogP) is -0.572. The van der Waals surface area contributed by atoms with E-state index in [0.717, 1.165) is 0 Å². The van der Waals surface area contributed by atoms with Gasteiger partial charge < -0.3 is 5.73 Å². The molecule has 0 spiro atoms. The first kappa shape index (κ1) is 9.75. The summed E-state index contributed by atoms with van der Waals surface area (Å²) in [7, 11) is 0. The Bertz CT molecular complexity index is 48.8. The summed E-state index contributed by atoms with van der Waals surface area (Å²) in [4.78, 5) is 11.0. The Morgan fingerprint density at radius 1 is 1.83 bits per heavy atom. The Balaban J connectivity index is 0. The molecule has 3 N–H and O–H groups in total. The zero-order valence-electron chi connectivity index (χ0n) is 3.36. The van der Waals surface area contributed by atoms with Gasteiger partial charge in [-0.05, 0) is 0 Å². The van der Waals surface area contributed by atoms with Crippen molar-refractivity contribution in [1.29, 1.82) is 0 Å². The fourth-order valence-corrected chi connectivity index (χ4v) is 0. The van der Waals surface area contributed by atoms with Gasteiger partial charge in [0.05, 0.1) is 0 Å². The topological polar surface area (TPSA) is 55.1 Å². The zero-order chi connectivity index (χ0) is 4.28. The van der Waals surface area contributed by atoms with Crippen molar-refractivity contribution in [2.45, 2.75) is 0 Å². The van der Waals surface area contributed by atoms with Gasteiger partial charge in [0.25, 0.3) is 0 Å². The molecule has 0 aromatic rings. The van der Waals surface area contributed by atoms with Gasteiger partial charge in [0.15, 0.2) is 0 Å². The summed E-state index contributed by atoms with van der Waals surface area (Å²) < 4.78 is 0. The molecule has 0 aliphatic carbocycles. The van der Waals surface area contributed by atoms with Gasteiger partial charge in [0, 0.05) is 41.3 Å². The van der Waals surface area contributed by atoms with Gasteiger partial charge in [-0.15, -0.1) is 0 Å². The summed E-state index contributed by atoms with van der Waals surface area (Å²) >= 11 is 4.61. The van der Waals surface area contributed by atoms with E-state index in [9.17, 15) is 4.79 Å². The van der Waals surface area contributed by atoms with Crippen molar-refractivity contribution >= 4 is 47.4 Å². The second-order valence-electron chi connectivity index (χ2n) is 0.459. The van der Waals surface area contributed by atoms with Crippen molar-refractivity contribution in [2.75, 3.05) is 0 Å². The molecule has 1 radical (unpaired) electrons. The van der Waals surface area contributed by atoms with Gasteiger partial charge in [-0.1, -0.05) is 0 Å². The Kier molecular flexibility index (Phi) is 9.04. The molecule has 0 heterocycles. The van der Waals surface area contributed by atoms with E-state index in [1.165, 1.54) is 0 Å². The number of amides is 2. The average molecular weight is 117 g/mol. The maximum atomic E-state index is 9.35. The molecule has 0 rings (SSSR count). The summed E-state index contributed by atoms with van der Waals surface area (Å²) in [5, 5.41) is 0. The first-order valence-corrected chi connectivity index (χ1v) is 1.31. The van der Waals surface area contributed by atoms with Crippen LogP contribution in [-0.4, -0.2) is 35.6 Å². The largest absolute Gasteiger partial charge is 0.351 e. The van der Waals surface area contributed by atoms with Crippen molar-refractivity contribution in [1.82, 2.24) is 4.84 Å². The van der Waals surface area contributed by atoms with Crippen molar-refractivity contribution < 1.29 is 4.79 Å². The summed E-state index contributed by atoms with van der Waals surface area (Å²) in [6.07, 6.45) is 0. The molecule has 0 bridgehead atoms. The number of carbonyl (C=O) groups excluding carboxylic acids is 1. The van der Waals surface area contributed by atoms with Crippen LogP contribution >= 0.6 is 11.8 Å². The third kappa shape index (κ3) is 8.82. The quantitative estimate of drug-likeness (QED) is 0.324. The fraction of sp³-hybridized carbons (Fsp3) is 0. The number of nitrogens with two attached hydrogens (primary N) is 1. The van der Waals surface area contributed by atoms with Crippen molar-refractivity contribution in [3.8, 4) is 0 Å². The second-order valence-corrected chi connectivity index (χ2v) is 0.648. The Morgan fingerprint density at radius 2 is 2.00 bits per heavy atom. The van der Waals surface area contributed by atoms with Crippen LogP contribution in [0.5, 0.6) is 0 Å². The third-order valence-electron chi connectivity index (χ3n) is 0.0931. The molecule has 2 amide bonds. The number of halogens is 1. The van der Waals surface area contributed by atoms with Crippen LogP contribution < -0.4 is 10.6 Å². The molecule has 0 unspecified atom stereocenters. The van der Waals surface area contributed by atoms with E-state index >= 15 is 0 Å². The van der Waals surface area contributed by atoms with E-state index < -0.39 is 6.03 Å². The van der Waals surface area contributed by atoms with Gasteiger partial charge in [-0.3, -0.25) is 4.84 Å². The van der Waals surface area contributed by atoms with Crippen molar-refractivity contribution in [2.24, 2.45) is 5.73 Å². The molecule has 0 aromatic carbocycles. The molecule has 0 atom stereocenters. The number of carbonyl (C=O) groups is 1. The Morgan fingerprint density at radius 3 is 2.00 bits per heavy atom. The number of nitrogens with one attached hydrogen (secondary N) is 1. The molecule has 5 heteroatoms. The van der Waals surface area contributed by atoms with Crippen LogP contribution in [-0.2, 0) is 0 Å². The number of urea groups is 1. The number of rotatable bonds is 0. The van der Waals surface area contributed by atoms with Crippen molar-refractivity contribution in [3.63, 3.8) is 0 Å². The van der Waals surface area contributed by atoms with Gasteiger partial charge in [0.1, 0.15) is 0 Å². The van der Waals surface area contributed by atoms with Crippen LogP contribution in [0, 0.1) is 0 Å². The molecule has 6 heavy (non-hydrogen) atoms. The van der Waals surface area contributed by atoms with Gasteiger partial charge in [0.2, 0.25) is 0 Å². The van der Waals surface area contributed by atoms with Crippen LogP contribution in [0.2, 0.25) is 0 Å².